The molecule has 74 valence electrons. The molecule has 6 heteroatoms. The van der Waals surface area contributed by atoms with Gasteiger partial charge in [0.15, 0.2) is 0 Å². The van der Waals surface area contributed by atoms with E-state index in [1.807, 2.05) is 0 Å². The molecular weight excluding hydrogens is 211 g/mol. The summed E-state index contributed by atoms with van der Waals surface area (Å²) >= 11 is 0. The van der Waals surface area contributed by atoms with E-state index in [-0.39, 0.29) is 24.8 Å². The number of anilines is 2. The maximum atomic E-state index is 5.43. The number of halogens is 2. The third-order valence-electron chi connectivity index (χ3n) is 1.79. The summed E-state index contributed by atoms with van der Waals surface area (Å²) in [6.45, 7) is 1.01. The number of nitrogens with one attached hydrogen (secondary N) is 1. The fraction of sp³-hybridized carbons (Fsp3) is 0.429. The van der Waals surface area contributed by atoms with Crippen molar-refractivity contribution in [3.63, 3.8) is 0 Å². The average Bonchev–Trinajstić information content (AvgIpc) is 2.04. The van der Waals surface area contributed by atoms with E-state index in [0.29, 0.717) is 5.95 Å². The molecule has 0 unspecified atom stereocenters. The second-order valence-electron chi connectivity index (χ2n) is 2.62. The van der Waals surface area contributed by atoms with E-state index in [1.54, 1.807) is 6.20 Å². The number of aromatic nitrogens is 2. The lowest BCUT2D eigenvalue weighted by atomic mass is 10.1. The van der Waals surface area contributed by atoms with Crippen LogP contribution in [0.3, 0.4) is 0 Å². The maximum absolute atomic E-state index is 5.43. The van der Waals surface area contributed by atoms with Crippen molar-refractivity contribution in [3.8, 4) is 0 Å². The van der Waals surface area contributed by atoms with Crippen LogP contribution in [0.25, 0.3) is 0 Å². The molecule has 1 aromatic rings. The SMILES string of the molecule is Cl.Cl.Nc1ncc2c(n1)CCCN2. The molecule has 1 aromatic heterocycles. The van der Waals surface area contributed by atoms with Gasteiger partial charge < -0.3 is 11.1 Å². The third kappa shape index (κ3) is 2.60. The van der Waals surface area contributed by atoms with Gasteiger partial charge in [0.25, 0.3) is 0 Å². The lowest BCUT2D eigenvalue weighted by molar-refractivity contribution is 0.797. The zero-order chi connectivity index (χ0) is 7.68. The molecule has 0 aliphatic carbocycles. The Hall–Kier alpha value is -0.740. The first-order valence-corrected chi connectivity index (χ1v) is 3.71. The van der Waals surface area contributed by atoms with E-state index >= 15 is 0 Å². The Morgan fingerprint density at radius 3 is 2.92 bits per heavy atom. The summed E-state index contributed by atoms with van der Waals surface area (Å²) in [6.07, 6.45) is 3.88. The zero-order valence-electron chi connectivity index (χ0n) is 6.99. The van der Waals surface area contributed by atoms with Crippen LogP contribution in [-0.4, -0.2) is 16.5 Å². The van der Waals surface area contributed by atoms with Crippen molar-refractivity contribution < 1.29 is 0 Å². The second-order valence-corrected chi connectivity index (χ2v) is 2.62. The summed E-state index contributed by atoms with van der Waals surface area (Å²) in [6, 6.07) is 0. The molecule has 1 aliphatic rings. The van der Waals surface area contributed by atoms with Crippen LogP contribution in [0.4, 0.5) is 11.6 Å². The second kappa shape index (κ2) is 5.09. The number of fused-ring (bicyclic) bond motifs is 1. The topological polar surface area (TPSA) is 63.8 Å². The highest BCUT2D eigenvalue weighted by Gasteiger charge is 2.09. The molecular formula is C7H12Cl2N4. The molecule has 2 rings (SSSR count). The first-order valence-electron chi connectivity index (χ1n) is 3.71. The minimum absolute atomic E-state index is 0. The van der Waals surface area contributed by atoms with Crippen LogP contribution in [-0.2, 0) is 6.42 Å². The predicted molar refractivity (Wildman–Crippen MR) is 57.8 cm³/mol. The number of nitrogen functional groups attached to an aromatic ring is 1. The van der Waals surface area contributed by atoms with Crippen molar-refractivity contribution in [2.45, 2.75) is 12.8 Å². The van der Waals surface area contributed by atoms with Crippen LogP contribution in [0.5, 0.6) is 0 Å². The summed E-state index contributed by atoms with van der Waals surface area (Å²) in [5, 5.41) is 3.21. The molecule has 2 heterocycles. The van der Waals surface area contributed by atoms with Gasteiger partial charge in [-0.05, 0) is 12.8 Å². The monoisotopic (exact) mass is 222 g/mol. The molecule has 4 nitrogen and oxygen atoms in total. The largest absolute Gasteiger partial charge is 0.382 e. The van der Waals surface area contributed by atoms with Crippen molar-refractivity contribution >= 4 is 36.4 Å². The quantitative estimate of drug-likeness (QED) is 0.694. The van der Waals surface area contributed by atoms with Crippen molar-refractivity contribution in [1.29, 1.82) is 0 Å². The van der Waals surface area contributed by atoms with Gasteiger partial charge in [0, 0.05) is 6.54 Å². The highest BCUT2D eigenvalue weighted by Crippen LogP contribution is 2.18. The molecule has 0 radical (unpaired) electrons. The number of hydrogen-bond acceptors (Lipinski definition) is 4. The van der Waals surface area contributed by atoms with Crippen molar-refractivity contribution in [2.24, 2.45) is 0 Å². The minimum atomic E-state index is 0. The smallest absolute Gasteiger partial charge is 0.220 e. The molecule has 0 amide bonds. The standard InChI is InChI=1S/C7H10N4.2ClH/c8-7-10-4-6-5(11-7)2-1-3-9-6;;/h4,9H,1-3H2,(H2,8,10,11);2*1H. The van der Waals surface area contributed by atoms with Crippen LogP contribution in [0.1, 0.15) is 12.1 Å². The van der Waals surface area contributed by atoms with Gasteiger partial charge in [0.1, 0.15) is 0 Å². The van der Waals surface area contributed by atoms with Gasteiger partial charge in [0.2, 0.25) is 5.95 Å². The molecule has 0 aromatic carbocycles. The number of hydrogen-bond donors (Lipinski definition) is 2. The lowest BCUT2D eigenvalue weighted by Crippen LogP contribution is -2.14. The van der Waals surface area contributed by atoms with Gasteiger partial charge >= 0.3 is 0 Å². The van der Waals surface area contributed by atoms with Crippen molar-refractivity contribution in [2.75, 3.05) is 17.6 Å². The lowest BCUT2D eigenvalue weighted by Gasteiger charge is -2.15. The van der Waals surface area contributed by atoms with Gasteiger partial charge in [0.05, 0.1) is 17.6 Å². The molecule has 0 saturated carbocycles. The van der Waals surface area contributed by atoms with E-state index in [4.69, 9.17) is 5.73 Å². The molecule has 1 aliphatic heterocycles. The van der Waals surface area contributed by atoms with Gasteiger partial charge in [-0.2, -0.15) is 0 Å². The van der Waals surface area contributed by atoms with Crippen LogP contribution >= 0.6 is 24.8 Å². The van der Waals surface area contributed by atoms with Gasteiger partial charge in [-0.3, -0.25) is 0 Å². The Bertz CT molecular complexity index is 279. The summed E-state index contributed by atoms with van der Waals surface area (Å²) in [5.74, 6) is 0.368. The van der Waals surface area contributed by atoms with Gasteiger partial charge in [-0.25, -0.2) is 9.97 Å². The van der Waals surface area contributed by atoms with Gasteiger partial charge in [-0.1, -0.05) is 0 Å². The summed E-state index contributed by atoms with van der Waals surface area (Å²) in [7, 11) is 0. The van der Waals surface area contributed by atoms with Crippen LogP contribution in [0.15, 0.2) is 6.20 Å². The van der Waals surface area contributed by atoms with Crippen molar-refractivity contribution in [1.82, 2.24) is 9.97 Å². The summed E-state index contributed by atoms with van der Waals surface area (Å²) in [4.78, 5) is 8.01. The first-order chi connectivity index (χ1) is 5.36. The van der Waals surface area contributed by atoms with Crippen LogP contribution < -0.4 is 11.1 Å². The Morgan fingerprint density at radius 1 is 1.38 bits per heavy atom. The molecule has 0 spiro atoms. The van der Waals surface area contributed by atoms with E-state index in [1.165, 1.54) is 0 Å². The molecule has 0 atom stereocenters. The zero-order valence-corrected chi connectivity index (χ0v) is 8.62. The Kier molecular flexibility index (Phi) is 4.80. The molecule has 13 heavy (non-hydrogen) atoms. The highest BCUT2D eigenvalue weighted by molar-refractivity contribution is 5.85. The minimum Gasteiger partial charge on any atom is -0.382 e. The normalized spacial score (nSPS) is 12.9. The number of aryl methyl sites for hydroxylation is 1. The van der Waals surface area contributed by atoms with Crippen LogP contribution in [0, 0.1) is 0 Å². The first kappa shape index (κ1) is 12.3. The summed E-state index contributed by atoms with van der Waals surface area (Å²) < 4.78 is 0. The van der Waals surface area contributed by atoms with E-state index in [2.05, 4.69) is 15.3 Å². The predicted octanol–water partition coefficient (Wildman–Crippen LogP) is 1.26. The van der Waals surface area contributed by atoms with E-state index in [0.717, 1.165) is 30.8 Å². The third-order valence-corrected chi connectivity index (χ3v) is 1.79. The number of nitrogens with zero attached hydrogens (tertiary/aromatic N) is 2. The number of rotatable bonds is 0. The average molecular weight is 223 g/mol. The van der Waals surface area contributed by atoms with E-state index in [9.17, 15) is 0 Å². The molecule has 3 N–H and O–H groups in total. The number of nitrogens with two attached hydrogens (primary N) is 1. The van der Waals surface area contributed by atoms with Crippen molar-refractivity contribution in [3.05, 3.63) is 11.9 Å². The Labute approximate surface area is 89.2 Å². The Balaban J connectivity index is 0.000000720. The highest BCUT2D eigenvalue weighted by atomic mass is 35.5. The fourth-order valence-corrected chi connectivity index (χ4v) is 1.25. The fourth-order valence-electron chi connectivity index (χ4n) is 1.25. The van der Waals surface area contributed by atoms with E-state index < -0.39 is 0 Å². The van der Waals surface area contributed by atoms with Crippen LogP contribution in [0.2, 0.25) is 0 Å². The molecule has 0 saturated heterocycles. The van der Waals surface area contributed by atoms with Gasteiger partial charge in [-0.15, -0.1) is 24.8 Å². The molecule has 0 fully saturated rings. The molecule has 0 bridgehead atoms. The Morgan fingerprint density at radius 2 is 2.15 bits per heavy atom. The maximum Gasteiger partial charge on any atom is 0.220 e. The summed E-state index contributed by atoms with van der Waals surface area (Å²) in [5.41, 5.74) is 7.51.